The van der Waals surface area contributed by atoms with Crippen molar-refractivity contribution in [1.29, 1.82) is 0 Å². The lowest BCUT2D eigenvalue weighted by Gasteiger charge is -2.20. The van der Waals surface area contributed by atoms with Gasteiger partial charge in [0.25, 0.3) is 0 Å². The van der Waals surface area contributed by atoms with Crippen LogP contribution in [-0.2, 0) is 0 Å². The third-order valence-corrected chi connectivity index (χ3v) is 4.44. The molecule has 0 aliphatic carbocycles. The normalized spacial score (nSPS) is 17.5. The highest BCUT2D eigenvalue weighted by atomic mass is 35.5. The molecule has 0 radical (unpaired) electrons. The van der Waals surface area contributed by atoms with Gasteiger partial charge >= 0.3 is 6.03 Å². The molecule has 1 aromatic heterocycles. The number of urea groups is 1. The fourth-order valence-electron chi connectivity index (χ4n) is 2.82. The molecule has 1 aliphatic rings. The number of benzene rings is 1. The van der Waals surface area contributed by atoms with Crippen LogP contribution in [0, 0.1) is 0 Å². The molecule has 0 spiro atoms. The number of rotatable bonds is 7. The molecule has 6 nitrogen and oxygen atoms in total. The van der Waals surface area contributed by atoms with E-state index in [1.807, 2.05) is 50.5 Å². The summed E-state index contributed by atoms with van der Waals surface area (Å²) in [5, 5.41) is 3.54. The molecule has 3 rings (SSSR count). The number of hydrogen-bond acceptors (Lipinski definition) is 4. The van der Waals surface area contributed by atoms with Crippen molar-refractivity contribution in [3.05, 3.63) is 47.2 Å². The Morgan fingerprint density at radius 1 is 1.31 bits per heavy atom. The van der Waals surface area contributed by atoms with Gasteiger partial charge in [0.2, 0.25) is 0 Å². The van der Waals surface area contributed by atoms with Crippen molar-refractivity contribution in [3.63, 3.8) is 0 Å². The molecule has 1 atom stereocenters. The van der Waals surface area contributed by atoms with Crippen LogP contribution in [0.5, 0.6) is 0 Å². The number of hydrogen-bond donors (Lipinski definition) is 1. The summed E-state index contributed by atoms with van der Waals surface area (Å²) in [6, 6.07) is 11.2. The number of nitrogens with zero attached hydrogens (tertiary/aromatic N) is 3. The standard InChI is InChI=1S/C19H23ClN4O2/c1-23(2)10-3-11-24-18(13-22-19(24)25)21-12-16-8-9-17(26-16)14-4-6-15(20)7-5-14/h4-9,12,18H,3,10-11,13H2,1-2H3,(H,22,25). The molecule has 26 heavy (non-hydrogen) atoms. The molecule has 7 heteroatoms. The van der Waals surface area contributed by atoms with Crippen molar-refractivity contribution in [3.8, 4) is 11.3 Å². The minimum atomic E-state index is -0.200. The first-order chi connectivity index (χ1) is 12.5. The van der Waals surface area contributed by atoms with Gasteiger partial charge in [-0.05, 0) is 63.5 Å². The predicted molar refractivity (Wildman–Crippen MR) is 104 cm³/mol. The van der Waals surface area contributed by atoms with Gasteiger partial charge in [0.15, 0.2) is 0 Å². The lowest BCUT2D eigenvalue weighted by atomic mass is 10.2. The van der Waals surface area contributed by atoms with Gasteiger partial charge in [-0.1, -0.05) is 11.6 Å². The van der Waals surface area contributed by atoms with Crippen LogP contribution in [0.3, 0.4) is 0 Å². The van der Waals surface area contributed by atoms with Crippen LogP contribution in [0.25, 0.3) is 11.3 Å². The largest absolute Gasteiger partial charge is 0.455 e. The summed E-state index contributed by atoms with van der Waals surface area (Å²) in [4.78, 5) is 20.4. The molecule has 1 fully saturated rings. The van der Waals surface area contributed by atoms with Crippen LogP contribution < -0.4 is 5.32 Å². The number of nitrogens with one attached hydrogen (secondary N) is 1. The Morgan fingerprint density at radius 3 is 2.81 bits per heavy atom. The van der Waals surface area contributed by atoms with Crippen LogP contribution in [0.15, 0.2) is 45.8 Å². The van der Waals surface area contributed by atoms with E-state index in [4.69, 9.17) is 16.0 Å². The summed E-state index contributed by atoms with van der Waals surface area (Å²) in [5.74, 6) is 1.41. The smallest absolute Gasteiger partial charge is 0.319 e. The Hall–Kier alpha value is -2.31. The van der Waals surface area contributed by atoms with E-state index in [1.54, 1.807) is 11.1 Å². The van der Waals surface area contributed by atoms with Gasteiger partial charge in [-0.2, -0.15) is 0 Å². The quantitative estimate of drug-likeness (QED) is 0.756. The van der Waals surface area contributed by atoms with Gasteiger partial charge in [-0.3, -0.25) is 4.99 Å². The van der Waals surface area contributed by atoms with E-state index >= 15 is 0 Å². The van der Waals surface area contributed by atoms with Crippen molar-refractivity contribution in [2.75, 3.05) is 33.7 Å². The van der Waals surface area contributed by atoms with Crippen molar-refractivity contribution in [1.82, 2.24) is 15.1 Å². The molecule has 1 N–H and O–H groups in total. The maximum atomic E-state index is 12.0. The average molecular weight is 375 g/mol. The monoisotopic (exact) mass is 374 g/mol. The third kappa shape index (κ3) is 4.65. The Kier molecular flexibility index (Phi) is 5.96. The topological polar surface area (TPSA) is 61.1 Å². The highest BCUT2D eigenvalue weighted by Gasteiger charge is 2.29. The summed E-state index contributed by atoms with van der Waals surface area (Å²) in [6.07, 6.45) is 2.39. The number of carbonyl (C=O) groups is 1. The second kappa shape index (κ2) is 8.38. The summed E-state index contributed by atoms with van der Waals surface area (Å²) in [7, 11) is 4.05. The van der Waals surface area contributed by atoms with Crippen LogP contribution >= 0.6 is 11.6 Å². The van der Waals surface area contributed by atoms with Crippen molar-refractivity contribution >= 4 is 23.8 Å². The van der Waals surface area contributed by atoms with Gasteiger partial charge < -0.3 is 19.5 Å². The first kappa shape index (κ1) is 18.5. The Morgan fingerprint density at radius 2 is 2.08 bits per heavy atom. The maximum Gasteiger partial charge on any atom is 0.319 e. The molecule has 2 amide bonds. The highest BCUT2D eigenvalue weighted by molar-refractivity contribution is 6.30. The van der Waals surface area contributed by atoms with Gasteiger partial charge in [-0.25, -0.2) is 4.79 Å². The number of carbonyl (C=O) groups excluding carboxylic acids is 1. The maximum absolute atomic E-state index is 12.0. The molecular formula is C19H23ClN4O2. The molecule has 2 aromatic rings. The Balaban J connectivity index is 1.63. The van der Waals surface area contributed by atoms with E-state index in [0.29, 0.717) is 23.9 Å². The zero-order valence-corrected chi connectivity index (χ0v) is 15.7. The van der Waals surface area contributed by atoms with Crippen LogP contribution in [0.2, 0.25) is 5.02 Å². The molecule has 1 saturated heterocycles. The molecular weight excluding hydrogens is 352 g/mol. The number of amides is 2. The molecule has 0 bridgehead atoms. The number of furan rings is 1. The number of halogens is 1. The minimum absolute atomic E-state index is 0.0628. The van der Waals surface area contributed by atoms with Crippen LogP contribution in [-0.4, -0.2) is 61.9 Å². The van der Waals surface area contributed by atoms with E-state index < -0.39 is 0 Å². The fraction of sp³-hybridized carbons (Fsp3) is 0.368. The third-order valence-electron chi connectivity index (χ3n) is 4.19. The van der Waals surface area contributed by atoms with Crippen molar-refractivity contribution in [2.45, 2.75) is 12.6 Å². The first-order valence-electron chi connectivity index (χ1n) is 8.61. The summed E-state index contributed by atoms with van der Waals surface area (Å²) in [6.45, 7) is 2.13. The lowest BCUT2D eigenvalue weighted by Crippen LogP contribution is -2.35. The molecule has 1 unspecified atom stereocenters. The van der Waals surface area contributed by atoms with Gasteiger partial charge in [0.05, 0.1) is 12.8 Å². The van der Waals surface area contributed by atoms with E-state index in [1.165, 1.54) is 0 Å². The van der Waals surface area contributed by atoms with Crippen LogP contribution in [0.1, 0.15) is 12.2 Å². The summed E-state index contributed by atoms with van der Waals surface area (Å²) in [5.41, 5.74) is 0.956. The van der Waals surface area contributed by atoms with E-state index in [2.05, 4.69) is 15.2 Å². The van der Waals surface area contributed by atoms with Crippen molar-refractivity contribution < 1.29 is 9.21 Å². The summed E-state index contributed by atoms with van der Waals surface area (Å²) >= 11 is 5.91. The fourth-order valence-corrected chi connectivity index (χ4v) is 2.94. The van der Waals surface area contributed by atoms with Crippen LogP contribution in [0.4, 0.5) is 4.79 Å². The summed E-state index contributed by atoms with van der Waals surface area (Å²) < 4.78 is 5.82. The molecule has 138 valence electrons. The predicted octanol–water partition coefficient (Wildman–Crippen LogP) is 3.32. The highest BCUT2D eigenvalue weighted by Crippen LogP contribution is 2.23. The average Bonchev–Trinajstić information content (AvgIpc) is 3.21. The second-order valence-electron chi connectivity index (χ2n) is 6.50. The van der Waals surface area contributed by atoms with Gasteiger partial charge in [-0.15, -0.1) is 0 Å². The zero-order chi connectivity index (χ0) is 18.5. The minimum Gasteiger partial charge on any atom is -0.455 e. The zero-order valence-electron chi connectivity index (χ0n) is 15.0. The SMILES string of the molecule is CN(C)CCCN1C(=O)NCC1N=Cc1ccc(-c2ccc(Cl)cc2)o1. The lowest BCUT2D eigenvalue weighted by molar-refractivity contribution is 0.201. The molecule has 2 heterocycles. The second-order valence-corrected chi connectivity index (χ2v) is 6.94. The molecule has 1 aromatic carbocycles. The molecule has 1 aliphatic heterocycles. The van der Waals surface area contributed by atoms with Crippen molar-refractivity contribution in [2.24, 2.45) is 4.99 Å². The van der Waals surface area contributed by atoms with E-state index in [0.717, 1.165) is 24.3 Å². The van der Waals surface area contributed by atoms with Gasteiger partial charge in [0, 0.05) is 17.1 Å². The molecule has 0 saturated carbocycles. The van der Waals surface area contributed by atoms with E-state index in [-0.39, 0.29) is 12.2 Å². The Labute approximate surface area is 158 Å². The first-order valence-corrected chi connectivity index (χ1v) is 8.99. The Bertz CT molecular complexity index is 770. The number of aliphatic imine (C=N–C) groups is 1. The van der Waals surface area contributed by atoms with E-state index in [9.17, 15) is 4.79 Å². The van der Waals surface area contributed by atoms with Gasteiger partial charge in [0.1, 0.15) is 17.7 Å².